The van der Waals surface area contributed by atoms with Crippen LogP contribution in [0.15, 0.2) is 63.7 Å². The van der Waals surface area contributed by atoms with Gasteiger partial charge in [-0.25, -0.2) is 9.67 Å². The van der Waals surface area contributed by atoms with E-state index in [4.69, 9.17) is 14.7 Å². The number of amides is 1. The summed E-state index contributed by atoms with van der Waals surface area (Å²) in [7, 11) is 0. The zero-order valence-corrected chi connectivity index (χ0v) is 15.8. The monoisotopic (exact) mass is 392 g/mol. The summed E-state index contributed by atoms with van der Waals surface area (Å²) < 4.78 is 12.0. The third kappa shape index (κ3) is 4.25. The Bertz CT molecular complexity index is 1080. The van der Waals surface area contributed by atoms with Crippen LogP contribution in [-0.4, -0.2) is 25.8 Å². The summed E-state index contributed by atoms with van der Waals surface area (Å²) in [6.07, 6.45) is 1.55. The van der Waals surface area contributed by atoms with Crippen LogP contribution in [0.5, 0.6) is 0 Å². The zero-order valence-electron chi connectivity index (χ0n) is 15.8. The van der Waals surface area contributed by atoms with Gasteiger partial charge in [0.1, 0.15) is 18.1 Å². The molecular weight excluding hydrogens is 372 g/mol. The van der Waals surface area contributed by atoms with Crippen LogP contribution in [0.3, 0.4) is 0 Å². The van der Waals surface area contributed by atoms with Crippen molar-refractivity contribution in [3.63, 3.8) is 0 Å². The Morgan fingerprint density at radius 2 is 2.03 bits per heavy atom. The average molecular weight is 392 g/mol. The van der Waals surface area contributed by atoms with Crippen molar-refractivity contribution in [3.8, 4) is 22.9 Å². The fourth-order valence-corrected chi connectivity index (χ4v) is 2.83. The van der Waals surface area contributed by atoms with E-state index in [2.05, 4.69) is 20.6 Å². The first-order chi connectivity index (χ1) is 14.1. The normalized spacial score (nSPS) is 12.1. The molecule has 1 atom stereocenters. The van der Waals surface area contributed by atoms with Crippen molar-refractivity contribution in [3.05, 3.63) is 66.3 Å². The van der Waals surface area contributed by atoms with Gasteiger partial charge in [-0.3, -0.25) is 4.79 Å². The summed E-state index contributed by atoms with van der Waals surface area (Å²) in [4.78, 5) is 16.9. The Kier molecular flexibility index (Phi) is 5.21. The van der Waals surface area contributed by atoms with Crippen LogP contribution in [0, 0.1) is 0 Å². The Balaban J connectivity index is 1.42. The van der Waals surface area contributed by atoms with E-state index in [1.807, 2.05) is 30.3 Å². The smallest absolute Gasteiger partial charge is 0.242 e. The van der Waals surface area contributed by atoms with Gasteiger partial charge in [-0.05, 0) is 19.1 Å². The third-order valence-electron chi connectivity index (χ3n) is 4.22. The highest BCUT2D eigenvalue weighted by atomic mass is 16.5. The highest BCUT2D eigenvalue weighted by Gasteiger charge is 2.17. The van der Waals surface area contributed by atoms with Gasteiger partial charge in [0, 0.05) is 11.6 Å². The lowest BCUT2D eigenvalue weighted by Gasteiger charge is -2.08. The molecule has 0 aliphatic rings. The molecule has 0 bridgehead atoms. The molecule has 0 saturated carbocycles. The van der Waals surface area contributed by atoms with Crippen LogP contribution in [0.1, 0.15) is 24.5 Å². The van der Waals surface area contributed by atoms with Crippen molar-refractivity contribution in [1.82, 2.24) is 25.2 Å². The lowest BCUT2D eigenvalue weighted by Crippen LogP contribution is -2.29. The molecule has 0 unspecified atom stereocenters. The van der Waals surface area contributed by atoms with Crippen molar-refractivity contribution in [2.45, 2.75) is 26.1 Å². The van der Waals surface area contributed by atoms with Gasteiger partial charge in [0.15, 0.2) is 11.6 Å². The van der Waals surface area contributed by atoms with E-state index in [0.29, 0.717) is 28.9 Å². The Labute approximate surface area is 166 Å². The molecule has 9 heteroatoms. The maximum absolute atomic E-state index is 12.4. The van der Waals surface area contributed by atoms with Crippen LogP contribution < -0.4 is 11.1 Å². The van der Waals surface area contributed by atoms with Crippen LogP contribution in [0.4, 0.5) is 0 Å². The molecule has 3 aromatic heterocycles. The van der Waals surface area contributed by atoms with Gasteiger partial charge in [0.05, 0.1) is 18.8 Å². The number of rotatable bonds is 7. The molecule has 0 fully saturated rings. The minimum Gasteiger partial charge on any atom is -0.461 e. The molecule has 0 aliphatic carbocycles. The second kappa shape index (κ2) is 8.11. The topological polar surface area (TPSA) is 125 Å². The number of benzene rings is 1. The number of furan rings is 1. The Hall–Kier alpha value is -3.72. The molecule has 1 amide bonds. The first-order valence-corrected chi connectivity index (χ1v) is 9.12. The highest BCUT2D eigenvalue weighted by molar-refractivity contribution is 5.75. The van der Waals surface area contributed by atoms with E-state index in [0.717, 1.165) is 5.56 Å². The van der Waals surface area contributed by atoms with Crippen molar-refractivity contribution >= 4 is 5.91 Å². The number of nitrogens with two attached hydrogens (primary N) is 1. The average Bonchev–Trinajstić information content (AvgIpc) is 3.47. The van der Waals surface area contributed by atoms with Crippen LogP contribution in [-0.2, 0) is 17.9 Å². The Morgan fingerprint density at radius 3 is 2.76 bits per heavy atom. The predicted octanol–water partition coefficient (Wildman–Crippen LogP) is 2.53. The van der Waals surface area contributed by atoms with Crippen LogP contribution >= 0.6 is 0 Å². The summed E-state index contributed by atoms with van der Waals surface area (Å²) in [5, 5.41) is 11.2. The highest BCUT2D eigenvalue weighted by Crippen LogP contribution is 2.20. The van der Waals surface area contributed by atoms with Gasteiger partial charge >= 0.3 is 0 Å². The van der Waals surface area contributed by atoms with Gasteiger partial charge in [-0.15, -0.1) is 0 Å². The maximum Gasteiger partial charge on any atom is 0.242 e. The molecule has 0 radical (unpaired) electrons. The molecule has 3 N–H and O–H groups in total. The predicted molar refractivity (Wildman–Crippen MR) is 104 cm³/mol. The molecule has 3 heterocycles. The van der Waals surface area contributed by atoms with Gasteiger partial charge < -0.3 is 20.0 Å². The SMILES string of the molecule is C[C@H](N)c1nc(-c2ccccc2)nn1CC(=O)NCc1cc(-c2ccco2)on1. The fraction of sp³-hybridized carbons (Fsp3) is 0.200. The third-order valence-corrected chi connectivity index (χ3v) is 4.22. The van der Waals surface area contributed by atoms with E-state index in [9.17, 15) is 4.79 Å². The summed E-state index contributed by atoms with van der Waals surface area (Å²) in [5.41, 5.74) is 7.46. The molecule has 0 spiro atoms. The lowest BCUT2D eigenvalue weighted by atomic mass is 10.2. The first kappa shape index (κ1) is 18.6. The minimum atomic E-state index is -0.362. The van der Waals surface area contributed by atoms with Crippen molar-refractivity contribution in [1.29, 1.82) is 0 Å². The maximum atomic E-state index is 12.4. The summed E-state index contributed by atoms with van der Waals surface area (Å²) in [6, 6.07) is 14.4. The number of aromatic nitrogens is 4. The zero-order chi connectivity index (χ0) is 20.2. The second-order valence-corrected chi connectivity index (χ2v) is 6.54. The molecule has 1 aromatic carbocycles. The molecule has 148 valence electrons. The number of carbonyl (C=O) groups is 1. The standard InChI is InChI=1S/C20H20N6O3/c1-13(21)20-23-19(14-6-3-2-4-7-14)24-26(20)12-18(27)22-11-15-10-17(29-25-15)16-8-5-9-28-16/h2-10,13H,11-12,21H2,1H3,(H,22,27)/t13-/m0/s1. The largest absolute Gasteiger partial charge is 0.461 e. The number of nitrogens with one attached hydrogen (secondary N) is 1. The fourth-order valence-electron chi connectivity index (χ4n) is 2.83. The second-order valence-electron chi connectivity index (χ2n) is 6.54. The number of nitrogens with zero attached hydrogens (tertiary/aromatic N) is 4. The minimum absolute atomic E-state index is 0.000397. The van der Waals surface area contributed by atoms with E-state index in [-0.39, 0.29) is 25.0 Å². The van der Waals surface area contributed by atoms with Gasteiger partial charge in [0.25, 0.3) is 0 Å². The number of carbonyl (C=O) groups excluding carboxylic acids is 1. The lowest BCUT2D eigenvalue weighted by molar-refractivity contribution is -0.122. The summed E-state index contributed by atoms with van der Waals surface area (Å²) >= 11 is 0. The molecular formula is C20H20N6O3. The molecule has 29 heavy (non-hydrogen) atoms. The molecule has 4 aromatic rings. The number of hydrogen-bond donors (Lipinski definition) is 2. The summed E-state index contributed by atoms with van der Waals surface area (Å²) in [5.74, 6) is 1.92. The van der Waals surface area contributed by atoms with Crippen molar-refractivity contribution in [2.24, 2.45) is 5.73 Å². The summed E-state index contributed by atoms with van der Waals surface area (Å²) in [6.45, 7) is 2.02. The van der Waals surface area contributed by atoms with Gasteiger partial charge in [0.2, 0.25) is 11.7 Å². The van der Waals surface area contributed by atoms with E-state index >= 15 is 0 Å². The van der Waals surface area contributed by atoms with E-state index in [1.165, 1.54) is 4.68 Å². The van der Waals surface area contributed by atoms with Crippen LogP contribution in [0.25, 0.3) is 22.9 Å². The Morgan fingerprint density at radius 1 is 1.21 bits per heavy atom. The van der Waals surface area contributed by atoms with E-state index in [1.54, 1.807) is 31.4 Å². The molecule has 9 nitrogen and oxygen atoms in total. The number of hydrogen-bond acceptors (Lipinski definition) is 7. The van der Waals surface area contributed by atoms with Gasteiger partial charge in [-0.2, -0.15) is 5.10 Å². The first-order valence-electron chi connectivity index (χ1n) is 9.12. The van der Waals surface area contributed by atoms with Crippen LogP contribution in [0.2, 0.25) is 0 Å². The van der Waals surface area contributed by atoms with Gasteiger partial charge in [-0.1, -0.05) is 35.5 Å². The van der Waals surface area contributed by atoms with Crippen molar-refractivity contribution in [2.75, 3.05) is 0 Å². The molecule has 0 aliphatic heterocycles. The molecule has 0 saturated heterocycles. The quantitative estimate of drug-likeness (QED) is 0.495. The van der Waals surface area contributed by atoms with Crippen molar-refractivity contribution < 1.29 is 13.7 Å². The van der Waals surface area contributed by atoms with E-state index < -0.39 is 0 Å². The molecule has 4 rings (SSSR count).